The molecule has 1 aromatic carbocycles. The van der Waals surface area contributed by atoms with Crippen LogP contribution in [0.1, 0.15) is 0 Å². The van der Waals surface area contributed by atoms with E-state index >= 15 is 0 Å². The van der Waals surface area contributed by atoms with Crippen molar-refractivity contribution in [3.05, 3.63) is 23.2 Å². The first-order chi connectivity index (χ1) is 8.20. The number of anilines is 2. The molecule has 1 saturated heterocycles. The van der Waals surface area contributed by atoms with Crippen molar-refractivity contribution in [2.45, 2.75) is 0 Å². The second-order valence-corrected chi connectivity index (χ2v) is 4.69. The molecule has 17 heavy (non-hydrogen) atoms. The van der Waals surface area contributed by atoms with E-state index in [1.807, 2.05) is 18.2 Å². The van der Waals surface area contributed by atoms with Crippen LogP contribution < -0.4 is 10.6 Å². The zero-order chi connectivity index (χ0) is 12.3. The van der Waals surface area contributed by atoms with Crippen LogP contribution in [0, 0.1) is 0 Å². The van der Waals surface area contributed by atoms with Crippen molar-refractivity contribution in [1.82, 2.24) is 4.90 Å². The molecule has 3 N–H and O–H groups in total. The normalized spacial score (nSPS) is 17.4. The number of hydrogen-bond acceptors (Lipinski definition) is 4. The molecule has 0 spiro atoms. The number of nitrogens with two attached hydrogens (primary N) is 1. The van der Waals surface area contributed by atoms with Crippen LogP contribution >= 0.6 is 11.6 Å². The monoisotopic (exact) mass is 255 g/mol. The molecular weight excluding hydrogens is 238 g/mol. The van der Waals surface area contributed by atoms with Crippen molar-refractivity contribution in [2.75, 3.05) is 50.0 Å². The van der Waals surface area contributed by atoms with Crippen molar-refractivity contribution < 1.29 is 5.11 Å². The Hall–Kier alpha value is -0.970. The Morgan fingerprint density at radius 1 is 1.24 bits per heavy atom. The maximum Gasteiger partial charge on any atom is 0.0615 e. The molecule has 4 nitrogen and oxygen atoms in total. The molecular formula is C12H18ClN3O. The predicted molar refractivity (Wildman–Crippen MR) is 71.6 cm³/mol. The van der Waals surface area contributed by atoms with Gasteiger partial charge < -0.3 is 15.7 Å². The minimum Gasteiger partial charge on any atom is -0.397 e. The first-order valence-electron chi connectivity index (χ1n) is 5.84. The summed E-state index contributed by atoms with van der Waals surface area (Å²) in [5, 5.41) is 9.60. The number of nitrogens with zero attached hydrogens (tertiary/aromatic N) is 2. The lowest BCUT2D eigenvalue weighted by atomic mass is 10.2. The van der Waals surface area contributed by atoms with E-state index < -0.39 is 0 Å². The molecule has 2 rings (SSSR count). The molecule has 94 valence electrons. The molecule has 1 aliphatic rings. The molecule has 0 atom stereocenters. The number of aliphatic hydroxyl groups is 1. The highest BCUT2D eigenvalue weighted by atomic mass is 35.5. The van der Waals surface area contributed by atoms with Gasteiger partial charge in [0, 0.05) is 37.7 Å². The number of β-amino-alcohol motifs (C(OH)–C–C–N with tert-alkyl or cyclic N) is 1. The fourth-order valence-electron chi connectivity index (χ4n) is 2.14. The summed E-state index contributed by atoms with van der Waals surface area (Å²) in [5.74, 6) is 0. The average Bonchev–Trinajstić information content (AvgIpc) is 2.34. The van der Waals surface area contributed by atoms with Crippen LogP contribution in [-0.4, -0.2) is 49.3 Å². The first-order valence-corrected chi connectivity index (χ1v) is 6.21. The molecule has 0 amide bonds. The van der Waals surface area contributed by atoms with Crippen LogP contribution in [0.25, 0.3) is 0 Å². The van der Waals surface area contributed by atoms with Gasteiger partial charge in [-0.2, -0.15) is 0 Å². The van der Waals surface area contributed by atoms with Gasteiger partial charge in [-0.15, -0.1) is 0 Å². The quantitative estimate of drug-likeness (QED) is 0.793. The Bertz CT molecular complexity index is 378. The molecule has 5 heteroatoms. The number of benzene rings is 1. The van der Waals surface area contributed by atoms with Gasteiger partial charge in [0.15, 0.2) is 0 Å². The number of halogens is 1. The van der Waals surface area contributed by atoms with E-state index in [0.29, 0.717) is 5.02 Å². The Kier molecular flexibility index (Phi) is 4.10. The third-order valence-corrected chi connectivity index (χ3v) is 3.36. The van der Waals surface area contributed by atoms with Crippen LogP contribution in [0.2, 0.25) is 5.02 Å². The van der Waals surface area contributed by atoms with Crippen molar-refractivity contribution in [1.29, 1.82) is 0 Å². The fraction of sp³-hybridized carbons (Fsp3) is 0.500. The number of aliphatic hydroxyl groups excluding tert-OH is 1. The maximum absolute atomic E-state index is 8.89. The Morgan fingerprint density at radius 2 is 1.94 bits per heavy atom. The molecule has 0 saturated carbocycles. The van der Waals surface area contributed by atoms with Gasteiger partial charge in [0.25, 0.3) is 0 Å². The molecule has 1 fully saturated rings. The number of piperazine rings is 1. The molecule has 0 unspecified atom stereocenters. The predicted octanol–water partition coefficient (Wildman–Crippen LogP) is 1.04. The average molecular weight is 256 g/mol. The molecule has 1 heterocycles. The van der Waals surface area contributed by atoms with Crippen LogP contribution in [0.15, 0.2) is 18.2 Å². The molecule has 1 aliphatic heterocycles. The van der Waals surface area contributed by atoms with Gasteiger partial charge in [0.2, 0.25) is 0 Å². The zero-order valence-electron chi connectivity index (χ0n) is 9.77. The third kappa shape index (κ3) is 3.03. The van der Waals surface area contributed by atoms with Crippen LogP contribution in [0.4, 0.5) is 11.4 Å². The lowest BCUT2D eigenvalue weighted by Gasteiger charge is -2.36. The summed E-state index contributed by atoms with van der Waals surface area (Å²) in [6, 6.07) is 5.57. The van der Waals surface area contributed by atoms with Gasteiger partial charge in [0.1, 0.15) is 0 Å². The molecule has 0 radical (unpaired) electrons. The third-order valence-electron chi connectivity index (χ3n) is 3.12. The van der Waals surface area contributed by atoms with E-state index in [-0.39, 0.29) is 6.61 Å². The number of rotatable bonds is 3. The summed E-state index contributed by atoms with van der Waals surface area (Å²) in [4.78, 5) is 4.49. The van der Waals surface area contributed by atoms with Gasteiger partial charge >= 0.3 is 0 Å². The Balaban J connectivity index is 2.02. The van der Waals surface area contributed by atoms with E-state index in [4.69, 9.17) is 22.4 Å². The zero-order valence-corrected chi connectivity index (χ0v) is 10.5. The number of hydrogen-bond donors (Lipinski definition) is 2. The Labute approximate surface area is 107 Å². The van der Waals surface area contributed by atoms with Crippen molar-refractivity contribution in [3.63, 3.8) is 0 Å². The molecule has 0 aliphatic carbocycles. The minimum atomic E-state index is 0.222. The standard InChI is InChI=1S/C12H18ClN3O/c13-10-1-2-11(14)12(9-10)16-5-3-15(4-6-16)7-8-17/h1-2,9,17H,3-8,14H2. The van der Waals surface area contributed by atoms with Gasteiger partial charge in [0.05, 0.1) is 18.0 Å². The van der Waals surface area contributed by atoms with E-state index in [1.165, 1.54) is 0 Å². The highest BCUT2D eigenvalue weighted by Crippen LogP contribution is 2.27. The van der Waals surface area contributed by atoms with E-state index in [9.17, 15) is 0 Å². The lowest BCUT2D eigenvalue weighted by Crippen LogP contribution is -2.47. The summed E-state index contributed by atoms with van der Waals surface area (Å²) < 4.78 is 0. The van der Waals surface area contributed by atoms with E-state index in [1.54, 1.807) is 0 Å². The van der Waals surface area contributed by atoms with Crippen LogP contribution in [-0.2, 0) is 0 Å². The topological polar surface area (TPSA) is 52.7 Å². The van der Waals surface area contributed by atoms with Crippen molar-refractivity contribution in [3.8, 4) is 0 Å². The highest BCUT2D eigenvalue weighted by Gasteiger charge is 2.18. The van der Waals surface area contributed by atoms with E-state index in [2.05, 4.69) is 9.80 Å². The summed E-state index contributed by atoms with van der Waals surface area (Å²) in [5.41, 5.74) is 7.74. The largest absolute Gasteiger partial charge is 0.397 e. The van der Waals surface area contributed by atoms with Gasteiger partial charge in [-0.3, -0.25) is 4.90 Å². The maximum atomic E-state index is 8.89. The highest BCUT2D eigenvalue weighted by molar-refractivity contribution is 6.31. The Morgan fingerprint density at radius 3 is 2.59 bits per heavy atom. The van der Waals surface area contributed by atoms with Gasteiger partial charge in [-0.05, 0) is 18.2 Å². The lowest BCUT2D eigenvalue weighted by molar-refractivity contribution is 0.189. The van der Waals surface area contributed by atoms with E-state index in [0.717, 1.165) is 44.1 Å². The smallest absolute Gasteiger partial charge is 0.0615 e. The number of nitrogen functional groups attached to an aromatic ring is 1. The van der Waals surface area contributed by atoms with Crippen molar-refractivity contribution >= 4 is 23.0 Å². The SMILES string of the molecule is Nc1ccc(Cl)cc1N1CCN(CCO)CC1. The molecule has 0 bridgehead atoms. The second-order valence-electron chi connectivity index (χ2n) is 4.26. The summed E-state index contributed by atoms with van der Waals surface area (Å²) in [7, 11) is 0. The van der Waals surface area contributed by atoms with Gasteiger partial charge in [-0.1, -0.05) is 11.6 Å². The van der Waals surface area contributed by atoms with Gasteiger partial charge in [-0.25, -0.2) is 0 Å². The summed E-state index contributed by atoms with van der Waals surface area (Å²) in [6.45, 7) is 4.71. The molecule has 1 aromatic rings. The van der Waals surface area contributed by atoms with Crippen LogP contribution in [0.5, 0.6) is 0 Å². The molecule has 0 aromatic heterocycles. The second kappa shape index (κ2) is 5.58. The summed E-state index contributed by atoms with van der Waals surface area (Å²) >= 11 is 5.99. The first kappa shape index (κ1) is 12.5. The van der Waals surface area contributed by atoms with Crippen LogP contribution in [0.3, 0.4) is 0 Å². The van der Waals surface area contributed by atoms with Crippen molar-refractivity contribution in [2.24, 2.45) is 0 Å². The fourth-order valence-corrected chi connectivity index (χ4v) is 2.31. The minimum absolute atomic E-state index is 0.222. The summed E-state index contributed by atoms with van der Waals surface area (Å²) in [6.07, 6.45) is 0.